The van der Waals surface area contributed by atoms with Crippen LogP contribution in [0.3, 0.4) is 0 Å². The molecule has 1 saturated heterocycles. The predicted molar refractivity (Wildman–Crippen MR) is 103 cm³/mol. The summed E-state index contributed by atoms with van der Waals surface area (Å²) in [6.45, 7) is 0.472. The number of amides is 1. The van der Waals surface area contributed by atoms with Crippen LogP contribution in [-0.2, 0) is 21.0 Å². The molecule has 1 fully saturated rings. The number of benzene rings is 2. The van der Waals surface area contributed by atoms with Crippen LogP contribution in [-0.4, -0.2) is 38.9 Å². The number of likely N-dealkylation sites (tertiary alicyclic amines) is 1. The lowest BCUT2D eigenvalue weighted by molar-refractivity contribution is -0.137. The fourth-order valence-electron chi connectivity index (χ4n) is 3.24. The first-order chi connectivity index (χ1) is 13.7. The molecule has 1 heterocycles. The molecule has 0 aromatic heterocycles. The summed E-state index contributed by atoms with van der Waals surface area (Å²) in [6, 6.07) is 11.4. The van der Waals surface area contributed by atoms with Gasteiger partial charge in [-0.05, 0) is 49.6 Å². The number of alkyl halides is 3. The summed E-state index contributed by atoms with van der Waals surface area (Å²) in [5, 5.41) is 0. The molecule has 29 heavy (non-hydrogen) atoms. The maximum Gasteiger partial charge on any atom is 0.416 e. The summed E-state index contributed by atoms with van der Waals surface area (Å²) in [5.41, 5.74) is -1.18. The lowest BCUT2D eigenvalue weighted by Gasteiger charge is -2.30. The van der Waals surface area contributed by atoms with Crippen molar-refractivity contribution in [1.82, 2.24) is 4.90 Å². The Kier molecular flexibility index (Phi) is 6.16. The quantitative estimate of drug-likeness (QED) is 0.728. The van der Waals surface area contributed by atoms with Crippen LogP contribution in [0.1, 0.15) is 24.8 Å². The first-order valence-electron chi connectivity index (χ1n) is 9.22. The summed E-state index contributed by atoms with van der Waals surface area (Å²) in [6.07, 6.45) is -2.00. The van der Waals surface area contributed by atoms with Crippen LogP contribution in [0.25, 0.3) is 0 Å². The lowest BCUT2D eigenvalue weighted by Crippen LogP contribution is -2.44. The normalized spacial score (nSPS) is 15.2. The van der Waals surface area contributed by atoms with Crippen LogP contribution in [0.5, 0.6) is 0 Å². The summed E-state index contributed by atoms with van der Waals surface area (Å²) in [4.78, 5) is 14.2. The Morgan fingerprint density at radius 2 is 1.62 bits per heavy atom. The predicted octanol–water partition coefficient (Wildman–Crippen LogP) is 3.91. The topological polar surface area (TPSA) is 57.7 Å². The number of carbonyl (C=O) groups excluding carboxylic acids is 1. The highest BCUT2D eigenvalue weighted by molar-refractivity contribution is 7.92. The molecule has 0 bridgehead atoms. The number of carbonyl (C=O) groups is 1. The third-order valence-corrected chi connectivity index (χ3v) is 6.57. The van der Waals surface area contributed by atoms with Gasteiger partial charge in [0.15, 0.2) is 0 Å². The molecule has 5 nitrogen and oxygen atoms in total. The minimum Gasteiger partial charge on any atom is -0.341 e. The van der Waals surface area contributed by atoms with Gasteiger partial charge in [0.1, 0.15) is 6.54 Å². The van der Waals surface area contributed by atoms with Crippen molar-refractivity contribution in [3.8, 4) is 0 Å². The molecule has 0 N–H and O–H groups in total. The Bertz CT molecular complexity index is 956. The molecule has 1 aliphatic rings. The van der Waals surface area contributed by atoms with E-state index in [0.29, 0.717) is 13.1 Å². The van der Waals surface area contributed by atoms with Gasteiger partial charge in [0.2, 0.25) is 5.91 Å². The zero-order valence-corrected chi connectivity index (χ0v) is 16.4. The summed E-state index contributed by atoms with van der Waals surface area (Å²) in [7, 11) is -4.23. The maximum absolute atomic E-state index is 13.2. The van der Waals surface area contributed by atoms with Gasteiger partial charge >= 0.3 is 6.18 Å². The average Bonchev–Trinajstić information content (AvgIpc) is 2.72. The van der Waals surface area contributed by atoms with E-state index in [1.807, 2.05) is 0 Å². The number of nitrogens with zero attached hydrogens (tertiary/aromatic N) is 2. The minimum atomic E-state index is -4.63. The Morgan fingerprint density at radius 1 is 0.966 bits per heavy atom. The van der Waals surface area contributed by atoms with Crippen molar-refractivity contribution in [1.29, 1.82) is 0 Å². The molecule has 1 aliphatic heterocycles. The van der Waals surface area contributed by atoms with Gasteiger partial charge in [0.05, 0.1) is 16.1 Å². The molecule has 0 radical (unpaired) electrons. The molecule has 2 aromatic rings. The standard InChI is InChI=1S/C20H21F3N2O3S/c21-20(22,23)16-8-7-9-17(14-16)25(15-19(26)24-12-5-2-6-13-24)29(27,28)18-10-3-1-4-11-18/h1,3-4,7-11,14H,2,5-6,12-13,15H2. The Balaban J connectivity index is 2.01. The van der Waals surface area contributed by atoms with Gasteiger partial charge in [-0.3, -0.25) is 9.10 Å². The number of hydrogen-bond acceptors (Lipinski definition) is 3. The van der Waals surface area contributed by atoms with Gasteiger partial charge in [-0.25, -0.2) is 8.42 Å². The van der Waals surface area contributed by atoms with Crippen molar-refractivity contribution >= 4 is 21.6 Å². The molecular formula is C20H21F3N2O3S. The lowest BCUT2D eigenvalue weighted by atomic mass is 10.1. The molecular weight excluding hydrogens is 405 g/mol. The molecule has 1 amide bonds. The third kappa shape index (κ3) is 4.90. The van der Waals surface area contributed by atoms with E-state index in [1.54, 1.807) is 11.0 Å². The molecule has 0 atom stereocenters. The molecule has 2 aromatic carbocycles. The summed E-state index contributed by atoms with van der Waals surface area (Å²) < 4.78 is 66.6. The van der Waals surface area contributed by atoms with Gasteiger partial charge in [0.25, 0.3) is 10.0 Å². The molecule has 9 heteroatoms. The smallest absolute Gasteiger partial charge is 0.341 e. The molecule has 0 aliphatic carbocycles. The molecule has 156 valence electrons. The number of piperidine rings is 1. The first kappa shape index (κ1) is 21.2. The summed E-state index contributed by atoms with van der Waals surface area (Å²) in [5.74, 6) is -0.429. The zero-order chi connectivity index (χ0) is 21.1. The van der Waals surface area contributed by atoms with E-state index in [2.05, 4.69) is 0 Å². The number of sulfonamides is 1. The highest BCUT2D eigenvalue weighted by atomic mass is 32.2. The van der Waals surface area contributed by atoms with Crippen LogP contribution in [0.4, 0.5) is 18.9 Å². The second-order valence-electron chi connectivity index (χ2n) is 6.81. The fourth-order valence-corrected chi connectivity index (χ4v) is 4.67. The van der Waals surface area contributed by atoms with Crippen LogP contribution in [0, 0.1) is 0 Å². The summed E-state index contributed by atoms with van der Waals surface area (Å²) >= 11 is 0. The monoisotopic (exact) mass is 426 g/mol. The Hall–Kier alpha value is -2.55. The van der Waals surface area contributed by atoms with Gasteiger partial charge in [-0.1, -0.05) is 24.3 Å². The average molecular weight is 426 g/mol. The van der Waals surface area contributed by atoms with Crippen LogP contribution >= 0.6 is 0 Å². The number of halogens is 3. The van der Waals surface area contributed by atoms with E-state index >= 15 is 0 Å². The molecule has 0 saturated carbocycles. The van der Waals surface area contributed by atoms with Crippen LogP contribution < -0.4 is 4.31 Å². The van der Waals surface area contributed by atoms with Crippen molar-refractivity contribution in [2.45, 2.75) is 30.3 Å². The molecule has 0 spiro atoms. The molecule has 0 unspecified atom stereocenters. The van der Waals surface area contributed by atoms with Gasteiger partial charge in [0, 0.05) is 13.1 Å². The number of rotatable bonds is 5. The fraction of sp³-hybridized carbons (Fsp3) is 0.350. The number of anilines is 1. The van der Waals surface area contributed by atoms with Crippen molar-refractivity contribution < 1.29 is 26.4 Å². The van der Waals surface area contributed by atoms with Gasteiger partial charge in [-0.2, -0.15) is 13.2 Å². The second kappa shape index (κ2) is 8.44. The van der Waals surface area contributed by atoms with Gasteiger partial charge < -0.3 is 4.90 Å². The first-order valence-corrected chi connectivity index (χ1v) is 10.7. The molecule has 3 rings (SSSR count). The largest absolute Gasteiger partial charge is 0.416 e. The minimum absolute atomic E-state index is 0.0937. The van der Waals surface area contributed by atoms with E-state index < -0.39 is 34.2 Å². The Morgan fingerprint density at radius 3 is 2.24 bits per heavy atom. The van der Waals surface area contributed by atoms with E-state index in [9.17, 15) is 26.4 Å². The van der Waals surface area contributed by atoms with E-state index in [0.717, 1.165) is 41.8 Å². The highest BCUT2D eigenvalue weighted by Gasteiger charge is 2.34. The number of hydrogen-bond donors (Lipinski definition) is 0. The van der Waals surface area contributed by atoms with E-state index in [-0.39, 0.29) is 10.6 Å². The zero-order valence-electron chi connectivity index (χ0n) is 15.6. The van der Waals surface area contributed by atoms with Crippen molar-refractivity contribution in [2.24, 2.45) is 0 Å². The van der Waals surface area contributed by atoms with E-state index in [1.165, 1.54) is 30.3 Å². The maximum atomic E-state index is 13.2. The third-order valence-electron chi connectivity index (χ3n) is 4.78. The van der Waals surface area contributed by atoms with Crippen LogP contribution in [0.2, 0.25) is 0 Å². The van der Waals surface area contributed by atoms with E-state index in [4.69, 9.17) is 0 Å². The van der Waals surface area contributed by atoms with Crippen molar-refractivity contribution in [2.75, 3.05) is 23.9 Å². The Labute approximate surface area is 167 Å². The van der Waals surface area contributed by atoms with Crippen molar-refractivity contribution in [3.63, 3.8) is 0 Å². The van der Waals surface area contributed by atoms with Crippen LogP contribution in [0.15, 0.2) is 59.5 Å². The van der Waals surface area contributed by atoms with Gasteiger partial charge in [-0.15, -0.1) is 0 Å². The second-order valence-corrected chi connectivity index (χ2v) is 8.68. The highest BCUT2D eigenvalue weighted by Crippen LogP contribution is 2.33. The van der Waals surface area contributed by atoms with Crippen molar-refractivity contribution in [3.05, 3.63) is 60.2 Å². The SMILES string of the molecule is O=C(CN(c1cccc(C(F)(F)F)c1)S(=O)(=O)c1ccccc1)N1CCCCC1.